The summed E-state index contributed by atoms with van der Waals surface area (Å²) in [5, 5.41) is 11.4. The summed E-state index contributed by atoms with van der Waals surface area (Å²) >= 11 is 11.5. The van der Waals surface area contributed by atoms with E-state index in [1.165, 1.54) is 0 Å². The number of aromatic nitrogens is 2. The average molecular weight is 286 g/mol. The fourth-order valence-electron chi connectivity index (χ4n) is 1.42. The number of aliphatic hydroxyl groups excluding tert-OH is 1. The Hall–Kier alpha value is -1.43. The molecule has 1 aromatic carbocycles. The Balaban J connectivity index is 2.38. The van der Waals surface area contributed by atoms with Crippen LogP contribution in [0, 0.1) is 0 Å². The summed E-state index contributed by atoms with van der Waals surface area (Å²) in [5.74, 6) is -0.293. The van der Waals surface area contributed by atoms with Crippen LogP contribution in [0.15, 0.2) is 18.2 Å². The first-order valence-electron chi connectivity index (χ1n) is 5.13. The van der Waals surface area contributed by atoms with E-state index in [0.29, 0.717) is 16.6 Å². The number of rotatable bonds is 3. The molecule has 1 amide bonds. The molecule has 0 aliphatic rings. The normalized spacial score (nSPS) is 10.6. The molecule has 18 heavy (non-hydrogen) atoms. The van der Waals surface area contributed by atoms with Gasteiger partial charge in [0, 0.05) is 12.1 Å². The Morgan fingerprint density at radius 1 is 1.22 bits per heavy atom. The predicted molar refractivity (Wildman–Crippen MR) is 69.0 cm³/mol. The van der Waals surface area contributed by atoms with E-state index in [-0.39, 0.29) is 29.4 Å². The number of carbonyl (C=O) groups excluding carboxylic acids is 1. The zero-order chi connectivity index (χ0) is 13.1. The quantitative estimate of drug-likeness (QED) is 0.899. The van der Waals surface area contributed by atoms with Gasteiger partial charge < -0.3 is 10.4 Å². The number of amides is 1. The highest BCUT2D eigenvalue weighted by Gasteiger charge is 2.09. The smallest absolute Gasteiger partial charge is 0.251 e. The third-order valence-corrected chi connectivity index (χ3v) is 2.87. The Bertz CT molecular complexity index is 604. The second-order valence-electron chi connectivity index (χ2n) is 3.49. The van der Waals surface area contributed by atoms with Gasteiger partial charge in [-0.25, -0.2) is 9.97 Å². The van der Waals surface area contributed by atoms with Gasteiger partial charge >= 0.3 is 0 Å². The van der Waals surface area contributed by atoms with Gasteiger partial charge in [-0.15, -0.1) is 0 Å². The van der Waals surface area contributed by atoms with Gasteiger partial charge in [-0.2, -0.15) is 0 Å². The molecule has 5 nitrogen and oxygen atoms in total. The van der Waals surface area contributed by atoms with Crippen LogP contribution in [0.1, 0.15) is 10.4 Å². The molecule has 0 saturated carbocycles. The summed E-state index contributed by atoms with van der Waals surface area (Å²) in [7, 11) is 0. The molecule has 0 atom stereocenters. The van der Waals surface area contributed by atoms with Gasteiger partial charge in [0.05, 0.1) is 17.6 Å². The van der Waals surface area contributed by atoms with E-state index in [2.05, 4.69) is 15.3 Å². The highest BCUT2D eigenvalue weighted by atomic mass is 35.5. The van der Waals surface area contributed by atoms with E-state index in [4.69, 9.17) is 28.3 Å². The Labute approximate surface area is 113 Å². The zero-order valence-corrected chi connectivity index (χ0v) is 10.7. The van der Waals surface area contributed by atoms with Gasteiger partial charge in [-0.1, -0.05) is 23.2 Å². The molecule has 94 valence electrons. The van der Waals surface area contributed by atoms with E-state index >= 15 is 0 Å². The van der Waals surface area contributed by atoms with Crippen LogP contribution in [0.4, 0.5) is 0 Å². The van der Waals surface area contributed by atoms with Crippen molar-refractivity contribution in [3.8, 4) is 0 Å². The number of hydrogen-bond donors (Lipinski definition) is 2. The van der Waals surface area contributed by atoms with E-state index in [1.807, 2.05) is 0 Å². The van der Waals surface area contributed by atoms with Gasteiger partial charge in [0.2, 0.25) is 0 Å². The van der Waals surface area contributed by atoms with E-state index < -0.39 is 0 Å². The van der Waals surface area contributed by atoms with Crippen LogP contribution >= 0.6 is 23.2 Å². The third kappa shape index (κ3) is 2.69. The highest BCUT2D eigenvalue weighted by Crippen LogP contribution is 2.21. The SMILES string of the molecule is O=C(NCCO)c1ccc2nc(Cl)c(Cl)nc2c1. The number of carbonyl (C=O) groups is 1. The number of benzene rings is 1. The number of halogens is 2. The lowest BCUT2D eigenvalue weighted by atomic mass is 10.2. The lowest BCUT2D eigenvalue weighted by Gasteiger charge is -2.04. The minimum absolute atomic E-state index is 0.0945. The maximum Gasteiger partial charge on any atom is 0.251 e. The third-order valence-electron chi connectivity index (χ3n) is 2.24. The largest absolute Gasteiger partial charge is 0.395 e. The van der Waals surface area contributed by atoms with Gasteiger partial charge in [0.1, 0.15) is 0 Å². The van der Waals surface area contributed by atoms with E-state index in [0.717, 1.165) is 0 Å². The minimum atomic E-state index is -0.293. The van der Waals surface area contributed by atoms with Crippen molar-refractivity contribution < 1.29 is 9.90 Å². The van der Waals surface area contributed by atoms with Gasteiger partial charge in [-0.3, -0.25) is 4.79 Å². The first kappa shape index (κ1) is 13.0. The second-order valence-corrected chi connectivity index (χ2v) is 4.20. The molecular weight excluding hydrogens is 277 g/mol. The molecule has 2 N–H and O–H groups in total. The monoisotopic (exact) mass is 285 g/mol. The van der Waals surface area contributed by atoms with Crippen LogP contribution in [0.25, 0.3) is 11.0 Å². The molecule has 0 spiro atoms. The van der Waals surface area contributed by atoms with Crippen molar-refractivity contribution >= 4 is 40.1 Å². The van der Waals surface area contributed by atoms with Gasteiger partial charge in [0.15, 0.2) is 10.3 Å². The molecule has 1 heterocycles. The van der Waals surface area contributed by atoms with Crippen molar-refractivity contribution in [3.05, 3.63) is 34.1 Å². The summed E-state index contributed by atoms with van der Waals surface area (Å²) < 4.78 is 0. The average Bonchev–Trinajstić information content (AvgIpc) is 2.36. The lowest BCUT2D eigenvalue weighted by Crippen LogP contribution is -2.26. The van der Waals surface area contributed by atoms with Crippen molar-refractivity contribution in [2.75, 3.05) is 13.2 Å². The van der Waals surface area contributed by atoms with Gasteiger partial charge in [-0.05, 0) is 18.2 Å². The van der Waals surface area contributed by atoms with Crippen LogP contribution in [-0.4, -0.2) is 34.1 Å². The summed E-state index contributed by atoms with van der Waals surface area (Å²) in [4.78, 5) is 19.7. The number of fused-ring (bicyclic) bond motifs is 1. The van der Waals surface area contributed by atoms with Crippen molar-refractivity contribution in [1.29, 1.82) is 0 Å². The zero-order valence-electron chi connectivity index (χ0n) is 9.15. The van der Waals surface area contributed by atoms with Crippen molar-refractivity contribution in [1.82, 2.24) is 15.3 Å². The molecule has 0 radical (unpaired) electrons. The first-order valence-corrected chi connectivity index (χ1v) is 5.89. The summed E-state index contributed by atoms with van der Waals surface area (Å²) in [5.41, 5.74) is 1.47. The fraction of sp³-hybridized carbons (Fsp3) is 0.182. The molecule has 0 fully saturated rings. The second kappa shape index (κ2) is 5.48. The van der Waals surface area contributed by atoms with Gasteiger partial charge in [0.25, 0.3) is 5.91 Å². The minimum Gasteiger partial charge on any atom is -0.395 e. The maximum atomic E-state index is 11.7. The Morgan fingerprint density at radius 3 is 2.56 bits per heavy atom. The van der Waals surface area contributed by atoms with Crippen LogP contribution < -0.4 is 5.32 Å². The van der Waals surface area contributed by atoms with E-state index in [9.17, 15) is 4.79 Å². The predicted octanol–water partition coefficient (Wildman–Crippen LogP) is 1.66. The molecular formula is C11H9Cl2N3O2. The van der Waals surface area contributed by atoms with E-state index in [1.54, 1.807) is 18.2 Å². The summed E-state index contributed by atoms with van der Waals surface area (Å²) in [6.45, 7) is 0.0878. The molecule has 0 unspecified atom stereocenters. The summed E-state index contributed by atoms with van der Waals surface area (Å²) in [6.07, 6.45) is 0. The Morgan fingerprint density at radius 2 is 1.89 bits per heavy atom. The molecule has 0 aliphatic heterocycles. The highest BCUT2D eigenvalue weighted by molar-refractivity contribution is 6.40. The molecule has 0 bridgehead atoms. The molecule has 0 saturated heterocycles. The van der Waals surface area contributed by atoms with Crippen molar-refractivity contribution in [2.45, 2.75) is 0 Å². The number of nitrogens with one attached hydrogen (secondary N) is 1. The van der Waals surface area contributed by atoms with Crippen molar-refractivity contribution in [3.63, 3.8) is 0 Å². The summed E-state index contributed by atoms with van der Waals surface area (Å²) in [6, 6.07) is 4.81. The maximum absolute atomic E-state index is 11.7. The van der Waals surface area contributed by atoms with Crippen LogP contribution in [-0.2, 0) is 0 Å². The van der Waals surface area contributed by atoms with Crippen LogP contribution in [0.2, 0.25) is 10.3 Å². The Kier molecular flexibility index (Phi) is 3.96. The number of hydrogen-bond acceptors (Lipinski definition) is 4. The standard InChI is InChI=1S/C11H9Cl2N3O2/c12-9-10(13)16-8-5-6(1-2-7(8)15-9)11(18)14-3-4-17/h1-2,5,17H,3-4H2,(H,14,18). The number of nitrogens with zero attached hydrogens (tertiary/aromatic N) is 2. The molecule has 2 aromatic rings. The van der Waals surface area contributed by atoms with Crippen LogP contribution in [0.5, 0.6) is 0 Å². The molecule has 1 aromatic heterocycles. The topological polar surface area (TPSA) is 75.1 Å². The van der Waals surface area contributed by atoms with Crippen molar-refractivity contribution in [2.24, 2.45) is 0 Å². The first-order chi connectivity index (χ1) is 8.61. The lowest BCUT2D eigenvalue weighted by molar-refractivity contribution is 0.0945. The fourth-order valence-corrected chi connectivity index (χ4v) is 1.69. The van der Waals surface area contributed by atoms with Crippen LogP contribution in [0.3, 0.4) is 0 Å². The number of aliphatic hydroxyl groups is 1. The molecule has 0 aliphatic carbocycles. The molecule has 2 rings (SSSR count). The molecule has 7 heteroatoms.